The number of aliphatic hydroxyl groups excluding tert-OH is 2. The summed E-state index contributed by atoms with van der Waals surface area (Å²) in [6, 6.07) is 3.27. The van der Waals surface area contributed by atoms with E-state index in [4.69, 9.17) is 0 Å². The van der Waals surface area contributed by atoms with Crippen LogP contribution in [0.25, 0.3) is 11.3 Å². The molecule has 194 valence electrons. The predicted molar refractivity (Wildman–Crippen MR) is 138 cm³/mol. The van der Waals surface area contributed by atoms with Crippen molar-refractivity contribution in [3.8, 4) is 5.75 Å². The summed E-state index contributed by atoms with van der Waals surface area (Å²) in [4.78, 5) is 40.3. The molecule has 1 unspecified atom stereocenters. The van der Waals surface area contributed by atoms with E-state index in [2.05, 4.69) is 0 Å². The Hall–Kier alpha value is -3.45. The number of carbonyl (C=O) groups excluding carboxylic acids is 3. The topological polar surface area (TPSA) is 132 Å². The number of fused-ring (bicyclic) bond motifs is 3. The second-order valence-electron chi connectivity index (χ2n) is 11.8. The number of Topliss-reactive ketones (excluding diaryl/α,β-unsaturated/α-hetero) is 3. The third-order valence-electron chi connectivity index (χ3n) is 9.01. The van der Waals surface area contributed by atoms with Crippen LogP contribution in [-0.4, -0.2) is 43.4 Å². The zero-order valence-electron chi connectivity index (χ0n) is 21.7. The van der Waals surface area contributed by atoms with Gasteiger partial charge in [-0.25, -0.2) is 0 Å². The van der Waals surface area contributed by atoms with Gasteiger partial charge in [-0.1, -0.05) is 52.0 Å². The highest BCUT2D eigenvalue weighted by atomic mass is 16.3. The van der Waals surface area contributed by atoms with Gasteiger partial charge in [0.15, 0.2) is 17.2 Å². The van der Waals surface area contributed by atoms with Gasteiger partial charge in [0.05, 0.1) is 5.56 Å². The molecule has 1 aromatic rings. The van der Waals surface area contributed by atoms with E-state index in [9.17, 15) is 34.8 Å². The van der Waals surface area contributed by atoms with Crippen LogP contribution < -0.4 is 0 Å². The van der Waals surface area contributed by atoms with Crippen molar-refractivity contribution in [2.45, 2.75) is 59.5 Å². The average Bonchev–Trinajstić information content (AvgIpc) is 3.30. The molecule has 37 heavy (non-hydrogen) atoms. The van der Waals surface area contributed by atoms with Gasteiger partial charge in [-0.05, 0) is 54.9 Å². The Labute approximate surface area is 215 Å². The van der Waals surface area contributed by atoms with Gasteiger partial charge in [-0.3, -0.25) is 14.4 Å². The van der Waals surface area contributed by atoms with E-state index in [-0.39, 0.29) is 35.6 Å². The molecule has 4 aliphatic rings. The smallest absolute Gasteiger partial charge is 0.203 e. The Morgan fingerprint density at radius 3 is 2.35 bits per heavy atom. The number of ketones is 3. The van der Waals surface area contributed by atoms with Crippen LogP contribution in [0, 0.1) is 22.7 Å². The molecule has 0 heterocycles. The molecule has 0 aliphatic heterocycles. The van der Waals surface area contributed by atoms with Gasteiger partial charge in [-0.15, -0.1) is 0 Å². The van der Waals surface area contributed by atoms with Crippen LogP contribution in [0.3, 0.4) is 0 Å². The fourth-order valence-electron chi connectivity index (χ4n) is 7.67. The summed E-state index contributed by atoms with van der Waals surface area (Å²) < 4.78 is 0. The SMILES string of the molecule is CC(=O)C1=C(O)[C@]2(O)C(=O)C3=C(O)c4c(O)ccc(C5=CC=CC5)c4C[C@]3(C)C[C@]2(C)C(C(C)C)C1=O. The number of phenols is 1. The van der Waals surface area contributed by atoms with Gasteiger partial charge in [0.2, 0.25) is 5.78 Å². The molecule has 1 aromatic carbocycles. The highest BCUT2D eigenvalue weighted by Gasteiger charge is 2.72. The van der Waals surface area contributed by atoms with Crippen LogP contribution in [0.1, 0.15) is 64.2 Å². The maximum absolute atomic E-state index is 14.3. The summed E-state index contributed by atoms with van der Waals surface area (Å²) in [6.07, 6.45) is 6.96. The average molecular weight is 505 g/mol. The summed E-state index contributed by atoms with van der Waals surface area (Å²) in [5.41, 5.74) is -3.08. The molecule has 4 atom stereocenters. The van der Waals surface area contributed by atoms with E-state index >= 15 is 0 Å². The van der Waals surface area contributed by atoms with Crippen molar-refractivity contribution in [3.63, 3.8) is 0 Å². The number of aliphatic hydroxyl groups is 3. The molecule has 1 fully saturated rings. The molecule has 0 radical (unpaired) electrons. The highest BCUT2D eigenvalue weighted by molar-refractivity contribution is 6.24. The molecule has 0 saturated heterocycles. The van der Waals surface area contributed by atoms with E-state index in [0.717, 1.165) is 18.1 Å². The Balaban J connectivity index is 1.82. The number of allylic oxidation sites excluding steroid dienone is 5. The van der Waals surface area contributed by atoms with Crippen molar-refractivity contribution >= 4 is 28.7 Å². The van der Waals surface area contributed by atoms with Crippen molar-refractivity contribution in [2.75, 3.05) is 0 Å². The first kappa shape index (κ1) is 25.2. The Kier molecular flexibility index (Phi) is 5.30. The maximum Gasteiger partial charge on any atom is 0.203 e. The molecule has 0 amide bonds. The van der Waals surface area contributed by atoms with Crippen LogP contribution in [0.4, 0.5) is 0 Å². The van der Waals surface area contributed by atoms with E-state index < -0.39 is 56.8 Å². The molecular formula is C30H32O7. The summed E-state index contributed by atoms with van der Waals surface area (Å²) in [7, 11) is 0. The number of carbonyl (C=O) groups is 3. The normalized spacial score (nSPS) is 32.9. The Morgan fingerprint density at radius 2 is 1.78 bits per heavy atom. The van der Waals surface area contributed by atoms with Gasteiger partial charge < -0.3 is 20.4 Å². The van der Waals surface area contributed by atoms with Gasteiger partial charge in [0.25, 0.3) is 0 Å². The number of rotatable bonds is 3. The zero-order chi connectivity index (χ0) is 27.2. The highest BCUT2D eigenvalue weighted by Crippen LogP contribution is 2.65. The third kappa shape index (κ3) is 3.00. The maximum atomic E-state index is 14.3. The number of benzene rings is 1. The van der Waals surface area contributed by atoms with Gasteiger partial charge in [-0.2, -0.15) is 0 Å². The van der Waals surface area contributed by atoms with Crippen LogP contribution in [-0.2, 0) is 20.8 Å². The first-order chi connectivity index (χ1) is 17.2. The fraction of sp³-hybridized carbons (Fsp3) is 0.433. The van der Waals surface area contributed by atoms with Crippen molar-refractivity contribution < 1.29 is 34.8 Å². The number of phenolic OH excluding ortho intramolecular Hbond substituents is 1. The lowest BCUT2D eigenvalue weighted by atomic mass is 9.43. The van der Waals surface area contributed by atoms with Gasteiger partial charge in [0, 0.05) is 22.3 Å². The van der Waals surface area contributed by atoms with E-state index in [1.807, 2.05) is 25.2 Å². The summed E-state index contributed by atoms with van der Waals surface area (Å²) in [6.45, 7) is 8.11. The number of hydrogen-bond donors (Lipinski definition) is 4. The second kappa shape index (κ2) is 7.78. The van der Waals surface area contributed by atoms with Crippen LogP contribution in [0.2, 0.25) is 0 Å². The zero-order valence-corrected chi connectivity index (χ0v) is 21.7. The van der Waals surface area contributed by atoms with Crippen molar-refractivity contribution in [1.82, 2.24) is 0 Å². The third-order valence-corrected chi connectivity index (χ3v) is 9.01. The molecule has 4 N–H and O–H groups in total. The van der Waals surface area contributed by atoms with Crippen LogP contribution in [0.5, 0.6) is 5.75 Å². The summed E-state index contributed by atoms with van der Waals surface area (Å²) in [5, 5.41) is 45.6. The summed E-state index contributed by atoms with van der Waals surface area (Å²) in [5.74, 6) is -5.17. The van der Waals surface area contributed by atoms with Gasteiger partial charge >= 0.3 is 0 Å². The molecule has 0 aromatic heterocycles. The standard InChI is InChI=1S/C30H32O7/c1-14(2)22-24(33)20(15(3)31)26(35)30(37)27(36)23-25(34)21-18(12-28(23,4)13-29(22,30)5)17(10-11-19(21)32)16-8-6-7-9-16/h6-8,10-11,14,22,32,34-35,37H,9,12-13H2,1-5H3/t22?,28-,29-,30+/m1/s1. The lowest BCUT2D eigenvalue weighted by molar-refractivity contribution is -0.178. The number of aromatic hydroxyl groups is 1. The molecule has 4 aliphatic carbocycles. The first-order valence-electron chi connectivity index (χ1n) is 12.6. The monoisotopic (exact) mass is 504 g/mol. The molecule has 7 nitrogen and oxygen atoms in total. The largest absolute Gasteiger partial charge is 0.508 e. The summed E-state index contributed by atoms with van der Waals surface area (Å²) >= 11 is 0. The molecule has 5 rings (SSSR count). The van der Waals surface area contributed by atoms with Crippen molar-refractivity contribution in [1.29, 1.82) is 0 Å². The van der Waals surface area contributed by atoms with Crippen LogP contribution in [0.15, 0.2) is 47.3 Å². The Bertz CT molecular complexity index is 1420. The van der Waals surface area contributed by atoms with Crippen molar-refractivity contribution in [3.05, 3.63) is 64.0 Å². The quantitative estimate of drug-likeness (QED) is 0.445. The molecule has 1 saturated carbocycles. The lowest BCUT2D eigenvalue weighted by Crippen LogP contribution is -2.69. The van der Waals surface area contributed by atoms with E-state index in [1.54, 1.807) is 26.8 Å². The Morgan fingerprint density at radius 1 is 1.11 bits per heavy atom. The minimum Gasteiger partial charge on any atom is -0.508 e. The number of hydrogen-bond acceptors (Lipinski definition) is 7. The minimum atomic E-state index is -2.59. The minimum absolute atomic E-state index is 0.0807. The fourth-order valence-corrected chi connectivity index (χ4v) is 7.67. The second-order valence-corrected chi connectivity index (χ2v) is 11.8. The van der Waals surface area contributed by atoms with Crippen molar-refractivity contribution in [2.24, 2.45) is 22.7 Å². The molecule has 0 spiro atoms. The molecule has 7 heteroatoms. The van der Waals surface area contributed by atoms with E-state index in [1.165, 1.54) is 6.07 Å². The van der Waals surface area contributed by atoms with Gasteiger partial charge in [0.1, 0.15) is 22.8 Å². The predicted octanol–water partition coefficient (Wildman–Crippen LogP) is 4.53. The molecule has 0 bridgehead atoms. The van der Waals surface area contributed by atoms with Crippen LogP contribution >= 0.6 is 0 Å². The van der Waals surface area contributed by atoms with E-state index in [0.29, 0.717) is 12.0 Å². The first-order valence-corrected chi connectivity index (χ1v) is 12.6. The molecular weight excluding hydrogens is 472 g/mol. The lowest BCUT2D eigenvalue weighted by Gasteiger charge is -2.59.